The van der Waals surface area contributed by atoms with Gasteiger partial charge in [-0.1, -0.05) is 0 Å². The van der Waals surface area contributed by atoms with Gasteiger partial charge < -0.3 is 9.84 Å². The first-order valence-electron chi connectivity index (χ1n) is 10.4. The van der Waals surface area contributed by atoms with Crippen molar-refractivity contribution in [3.63, 3.8) is 0 Å². The lowest BCUT2D eigenvalue weighted by Gasteiger charge is -2.22. The molecule has 0 fully saturated rings. The van der Waals surface area contributed by atoms with Gasteiger partial charge in [-0.2, -0.15) is 13.2 Å². The van der Waals surface area contributed by atoms with E-state index in [1.807, 2.05) is 0 Å². The first-order chi connectivity index (χ1) is 16.1. The molecular weight excluding hydrogens is 457 g/mol. The smallest absolute Gasteiger partial charge is 0.416 e. The number of carboxylic acid groups (broad SMARTS) is 1. The van der Waals surface area contributed by atoms with Crippen LogP contribution in [-0.4, -0.2) is 16.1 Å². The Hall–Kier alpha value is -3.75. The Morgan fingerprint density at radius 1 is 0.941 bits per heavy atom. The van der Waals surface area contributed by atoms with Crippen LogP contribution in [0.4, 0.5) is 22.0 Å². The second-order valence-corrected chi connectivity index (χ2v) is 8.12. The third-order valence-electron chi connectivity index (χ3n) is 6.07. The lowest BCUT2D eigenvalue weighted by Crippen LogP contribution is -2.10. The van der Waals surface area contributed by atoms with Crippen LogP contribution in [0.2, 0.25) is 0 Å². The Morgan fingerprint density at radius 2 is 1.71 bits per heavy atom. The number of carboxylic acids is 1. The summed E-state index contributed by atoms with van der Waals surface area (Å²) in [6.45, 7) is -0.372. The molecule has 2 heterocycles. The summed E-state index contributed by atoms with van der Waals surface area (Å²) in [6, 6.07) is 7.52. The first kappa shape index (κ1) is 22.1. The molecule has 4 nitrogen and oxygen atoms in total. The number of halogens is 5. The molecule has 2 aliphatic rings. The SMILES string of the molecule is O=C(O)c1ccc2c(n1)C1=C(CCC1)c1cc(C(F)(F)F)ccc1OCc1c(F)cc(F)cc1-2. The molecular formula is C25H16F5NO3. The van der Waals surface area contributed by atoms with Crippen LogP contribution in [0.3, 0.4) is 0 Å². The van der Waals surface area contributed by atoms with Gasteiger partial charge in [-0.25, -0.2) is 18.6 Å². The minimum Gasteiger partial charge on any atom is -0.488 e. The summed E-state index contributed by atoms with van der Waals surface area (Å²) >= 11 is 0. The van der Waals surface area contributed by atoms with Crippen LogP contribution in [0, 0.1) is 11.6 Å². The van der Waals surface area contributed by atoms with Crippen molar-refractivity contribution in [1.82, 2.24) is 4.98 Å². The van der Waals surface area contributed by atoms with Crippen molar-refractivity contribution >= 4 is 17.1 Å². The van der Waals surface area contributed by atoms with E-state index in [0.29, 0.717) is 36.5 Å². The van der Waals surface area contributed by atoms with Gasteiger partial charge in [-0.15, -0.1) is 0 Å². The highest BCUT2D eigenvalue weighted by molar-refractivity contribution is 5.98. The predicted molar refractivity (Wildman–Crippen MR) is 113 cm³/mol. The van der Waals surface area contributed by atoms with Gasteiger partial charge in [-0.3, -0.25) is 0 Å². The monoisotopic (exact) mass is 473 g/mol. The average Bonchev–Trinajstić information content (AvgIpc) is 3.26. The van der Waals surface area contributed by atoms with Gasteiger partial charge in [0, 0.05) is 22.8 Å². The van der Waals surface area contributed by atoms with Gasteiger partial charge in [0.2, 0.25) is 0 Å². The second-order valence-electron chi connectivity index (χ2n) is 8.12. The number of nitrogens with zero attached hydrogens (tertiary/aromatic N) is 1. The van der Waals surface area contributed by atoms with Crippen molar-refractivity contribution in [3.8, 4) is 16.9 Å². The third kappa shape index (κ3) is 3.70. The molecule has 0 saturated heterocycles. The molecule has 0 amide bonds. The molecule has 34 heavy (non-hydrogen) atoms. The van der Waals surface area contributed by atoms with E-state index in [-0.39, 0.29) is 46.0 Å². The molecule has 1 aliphatic carbocycles. The number of aromatic nitrogens is 1. The maximum Gasteiger partial charge on any atom is 0.416 e. The van der Waals surface area contributed by atoms with E-state index in [4.69, 9.17) is 4.74 Å². The molecule has 0 radical (unpaired) electrons. The highest BCUT2D eigenvalue weighted by Crippen LogP contribution is 2.47. The van der Waals surface area contributed by atoms with Crippen LogP contribution in [0.5, 0.6) is 5.75 Å². The van der Waals surface area contributed by atoms with Gasteiger partial charge in [0.05, 0.1) is 11.3 Å². The van der Waals surface area contributed by atoms with E-state index in [1.165, 1.54) is 18.2 Å². The van der Waals surface area contributed by atoms with E-state index in [9.17, 15) is 31.9 Å². The molecule has 3 aromatic rings. The standard InChI is InChI=1S/C25H16F5NO3/c26-13-9-17-16-5-6-21(24(32)33)31-23(16)15-3-1-2-14(15)18-8-12(25(28,29)30)4-7-22(18)34-11-19(17)20(27)10-13/h4-10H,1-3,11H2,(H,32,33). The number of carbonyl (C=O) groups is 1. The normalized spacial score (nSPS) is 15.1. The molecule has 1 aliphatic heterocycles. The Morgan fingerprint density at radius 3 is 2.44 bits per heavy atom. The minimum atomic E-state index is -4.59. The first-order valence-corrected chi connectivity index (χ1v) is 10.4. The largest absolute Gasteiger partial charge is 0.488 e. The molecule has 0 spiro atoms. The molecule has 0 atom stereocenters. The topological polar surface area (TPSA) is 59.4 Å². The Balaban J connectivity index is 1.87. The Bertz CT molecular complexity index is 1380. The number of alkyl halides is 3. The number of benzene rings is 2. The van der Waals surface area contributed by atoms with Crippen LogP contribution in [0.1, 0.15) is 52.1 Å². The summed E-state index contributed by atoms with van der Waals surface area (Å²) in [5, 5.41) is 9.48. The number of allylic oxidation sites excluding steroid dienone is 2. The zero-order valence-corrected chi connectivity index (χ0v) is 17.5. The molecule has 5 rings (SSSR count). The predicted octanol–water partition coefficient (Wildman–Crippen LogP) is 6.73. The number of rotatable bonds is 1. The van der Waals surface area contributed by atoms with Crippen molar-refractivity contribution in [2.45, 2.75) is 32.0 Å². The van der Waals surface area contributed by atoms with Crippen LogP contribution in [0.25, 0.3) is 22.3 Å². The summed E-state index contributed by atoms with van der Waals surface area (Å²) in [5.74, 6) is -2.90. The lowest BCUT2D eigenvalue weighted by atomic mass is 9.90. The fourth-order valence-electron chi connectivity index (χ4n) is 4.54. The van der Waals surface area contributed by atoms with Crippen molar-refractivity contribution < 1.29 is 36.6 Å². The van der Waals surface area contributed by atoms with Crippen LogP contribution < -0.4 is 4.74 Å². The molecule has 0 unspecified atom stereocenters. The van der Waals surface area contributed by atoms with E-state index in [2.05, 4.69) is 4.98 Å². The summed E-state index contributed by atoms with van der Waals surface area (Å²) in [5.41, 5.74) is 0.710. The second kappa shape index (κ2) is 7.93. The molecule has 0 saturated carbocycles. The number of hydrogen-bond donors (Lipinski definition) is 1. The maximum absolute atomic E-state index is 14.9. The fourth-order valence-corrected chi connectivity index (χ4v) is 4.54. The van der Waals surface area contributed by atoms with Gasteiger partial charge >= 0.3 is 12.1 Å². The molecule has 174 valence electrons. The van der Waals surface area contributed by atoms with E-state index < -0.39 is 29.3 Å². The zero-order chi connectivity index (χ0) is 24.2. The minimum absolute atomic E-state index is 0.0135. The Labute approximate surface area is 190 Å². The van der Waals surface area contributed by atoms with Gasteiger partial charge in [0.25, 0.3) is 0 Å². The van der Waals surface area contributed by atoms with Gasteiger partial charge in [-0.05, 0) is 72.4 Å². The van der Waals surface area contributed by atoms with Crippen LogP contribution >= 0.6 is 0 Å². The number of ether oxygens (including phenoxy) is 1. The molecule has 1 aromatic heterocycles. The highest BCUT2D eigenvalue weighted by atomic mass is 19.4. The van der Waals surface area contributed by atoms with Crippen molar-refractivity contribution in [2.24, 2.45) is 0 Å². The summed E-state index contributed by atoms with van der Waals surface area (Å²) < 4.78 is 75.3. The fraction of sp³-hybridized carbons (Fsp3) is 0.200. The molecule has 2 aromatic carbocycles. The highest BCUT2D eigenvalue weighted by Gasteiger charge is 2.33. The van der Waals surface area contributed by atoms with Crippen LogP contribution in [0.15, 0.2) is 42.5 Å². The number of aromatic carboxylic acids is 1. The van der Waals surface area contributed by atoms with Gasteiger partial charge in [0.1, 0.15) is 29.7 Å². The number of fused-ring (bicyclic) bond motifs is 6. The molecule has 9 heteroatoms. The maximum atomic E-state index is 14.9. The third-order valence-corrected chi connectivity index (χ3v) is 6.07. The van der Waals surface area contributed by atoms with Crippen molar-refractivity contribution in [3.05, 3.63) is 82.2 Å². The average molecular weight is 473 g/mol. The van der Waals surface area contributed by atoms with Crippen molar-refractivity contribution in [2.75, 3.05) is 0 Å². The lowest BCUT2D eigenvalue weighted by molar-refractivity contribution is -0.137. The number of pyridine rings is 1. The van der Waals surface area contributed by atoms with Crippen LogP contribution in [-0.2, 0) is 12.8 Å². The summed E-state index contributed by atoms with van der Waals surface area (Å²) in [4.78, 5) is 15.9. The van der Waals surface area contributed by atoms with E-state index >= 15 is 0 Å². The zero-order valence-electron chi connectivity index (χ0n) is 17.5. The van der Waals surface area contributed by atoms with E-state index in [0.717, 1.165) is 18.2 Å². The summed E-state index contributed by atoms with van der Waals surface area (Å²) in [6.07, 6.45) is -3.19. The van der Waals surface area contributed by atoms with E-state index in [1.54, 1.807) is 0 Å². The van der Waals surface area contributed by atoms with Gasteiger partial charge in [0.15, 0.2) is 0 Å². The quantitative estimate of drug-likeness (QED) is 0.398. The number of hydrogen-bond acceptors (Lipinski definition) is 3. The van der Waals surface area contributed by atoms with Crippen molar-refractivity contribution in [1.29, 1.82) is 0 Å². The molecule has 1 N–H and O–H groups in total. The summed E-state index contributed by atoms with van der Waals surface area (Å²) in [7, 11) is 0. The Kier molecular flexibility index (Phi) is 5.15. The molecule has 0 bridgehead atoms.